The minimum Gasteiger partial charge on any atom is -0.352 e. The van der Waals surface area contributed by atoms with Gasteiger partial charge in [-0.3, -0.25) is 4.79 Å². The second-order valence-corrected chi connectivity index (χ2v) is 9.99. The monoisotopic (exact) mass is 412 g/mol. The summed E-state index contributed by atoms with van der Waals surface area (Å²) in [6.45, 7) is 1.67. The number of benzene rings is 1. The van der Waals surface area contributed by atoms with Crippen LogP contribution in [0.4, 0.5) is 0 Å². The molecular weight excluding hydrogens is 384 g/mol. The number of rotatable bonds is 5. The van der Waals surface area contributed by atoms with Gasteiger partial charge in [-0.1, -0.05) is 43.7 Å². The van der Waals surface area contributed by atoms with E-state index in [0.29, 0.717) is 31.1 Å². The van der Waals surface area contributed by atoms with Crippen molar-refractivity contribution in [3.8, 4) is 0 Å². The largest absolute Gasteiger partial charge is 0.352 e. The number of hydrogen-bond donors (Lipinski definition) is 1. The van der Waals surface area contributed by atoms with Gasteiger partial charge >= 0.3 is 0 Å². The highest BCUT2D eigenvalue weighted by atomic mass is 35.5. The first-order valence-corrected chi connectivity index (χ1v) is 11.9. The highest BCUT2D eigenvalue weighted by Gasteiger charge is 2.28. The molecule has 5 nitrogen and oxygen atoms in total. The third kappa shape index (κ3) is 5.24. The molecule has 0 aromatic heterocycles. The Bertz CT molecular complexity index is 752. The van der Waals surface area contributed by atoms with Crippen molar-refractivity contribution < 1.29 is 13.2 Å². The summed E-state index contributed by atoms with van der Waals surface area (Å²) in [5.74, 6) is 0.292. The topological polar surface area (TPSA) is 66.5 Å². The molecule has 0 spiro atoms. The van der Waals surface area contributed by atoms with Gasteiger partial charge < -0.3 is 5.32 Å². The van der Waals surface area contributed by atoms with Crippen LogP contribution in [0.2, 0.25) is 5.02 Å². The Morgan fingerprint density at radius 1 is 1.04 bits per heavy atom. The summed E-state index contributed by atoms with van der Waals surface area (Å²) < 4.78 is 27.6. The molecule has 1 aromatic carbocycles. The molecule has 0 bridgehead atoms. The maximum atomic E-state index is 13.1. The highest BCUT2D eigenvalue weighted by molar-refractivity contribution is 7.89. The van der Waals surface area contributed by atoms with Crippen LogP contribution < -0.4 is 5.32 Å². The van der Waals surface area contributed by atoms with E-state index in [9.17, 15) is 13.2 Å². The molecule has 1 amide bonds. The van der Waals surface area contributed by atoms with Crippen LogP contribution in [0.15, 0.2) is 23.1 Å². The molecule has 1 aliphatic heterocycles. The summed E-state index contributed by atoms with van der Waals surface area (Å²) in [6.07, 6.45) is 9.83. The molecule has 7 heteroatoms. The summed E-state index contributed by atoms with van der Waals surface area (Å²) >= 11 is 6.21. The first-order chi connectivity index (χ1) is 13.0. The van der Waals surface area contributed by atoms with Gasteiger partial charge in [0.15, 0.2) is 0 Å². The lowest BCUT2D eigenvalue weighted by atomic mass is 9.89. The van der Waals surface area contributed by atoms with Crippen LogP contribution in [-0.2, 0) is 10.0 Å². The molecule has 0 radical (unpaired) electrons. The molecule has 1 heterocycles. The summed E-state index contributed by atoms with van der Waals surface area (Å²) in [5, 5.41) is 3.14. The molecule has 0 atom stereocenters. The summed E-state index contributed by atoms with van der Waals surface area (Å²) in [7, 11) is -3.69. The normalized spacial score (nSPS) is 20.2. The molecule has 0 unspecified atom stereocenters. The molecule has 2 aliphatic rings. The average Bonchev–Trinajstić information content (AvgIpc) is 2.97. The smallest absolute Gasteiger partial charge is 0.251 e. The zero-order valence-electron chi connectivity index (χ0n) is 15.8. The third-order valence-corrected chi connectivity index (χ3v) is 8.03. The average molecular weight is 413 g/mol. The van der Waals surface area contributed by atoms with Crippen molar-refractivity contribution in [2.45, 2.75) is 62.7 Å². The molecule has 27 heavy (non-hydrogen) atoms. The fraction of sp³-hybridized carbons (Fsp3) is 0.650. The first kappa shape index (κ1) is 20.6. The van der Waals surface area contributed by atoms with E-state index < -0.39 is 10.0 Å². The minimum atomic E-state index is -3.69. The lowest BCUT2D eigenvalue weighted by Crippen LogP contribution is -2.33. The lowest BCUT2D eigenvalue weighted by molar-refractivity contribution is 0.0943. The van der Waals surface area contributed by atoms with E-state index in [4.69, 9.17) is 11.6 Å². The van der Waals surface area contributed by atoms with E-state index in [1.165, 1.54) is 35.7 Å². The SMILES string of the molecule is O=C(NCC1CCCCC1)c1ccc(Cl)c(S(=O)(=O)N2CCCCCC2)c1. The van der Waals surface area contributed by atoms with Crippen molar-refractivity contribution in [3.63, 3.8) is 0 Å². The van der Waals surface area contributed by atoms with Gasteiger partial charge in [0.25, 0.3) is 5.91 Å². The van der Waals surface area contributed by atoms with Crippen molar-refractivity contribution in [3.05, 3.63) is 28.8 Å². The zero-order valence-corrected chi connectivity index (χ0v) is 17.3. The van der Waals surface area contributed by atoms with Crippen LogP contribution >= 0.6 is 11.6 Å². The Kier molecular flexibility index (Phi) is 7.17. The second-order valence-electron chi connectivity index (χ2n) is 7.68. The number of carbonyl (C=O) groups excluding carboxylic acids is 1. The van der Waals surface area contributed by atoms with E-state index >= 15 is 0 Å². The van der Waals surface area contributed by atoms with Gasteiger partial charge in [-0.2, -0.15) is 4.31 Å². The van der Waals surface area contributed by atoms with Gasteiger partial charge in [-0.05, 0) is 49.8 Å². The van der Waals surface area contributed by atoms with Gasteiger partial charge in [0, 0.05) is 25.2 Å². The Morgan fingerprint density at radius 3 is 2.33 bits per heavy atom. The molecule has 1 aromatic rings. The zero-order chi connectivity index (χ0) is 19.3. The molecule has 150 valence electrons. The fourth-order valence-corrected chi connectivity index (χ4v) is 6.01. The number of carbonyl (C=O) groups is 1. The molecule has 1 saturated heterocycles. The van der Waals surface area contributed by atoms with Gasteiger partial charge in [0.05, 0.1) is 5.02 Å². The molecule has 1 N–H and O–H groups in total. The second kappa shape index (κ2) is 9.39. The first-order valence-electron chi connectivity index (χ1n) is 10.1. The Labute approximate surface area is 167 Å². The quantitative estimate of drug-likeness (QED) is 0.787. The predicted molar refractivity (Wildman–Crippen MR) is 108 cm³/mol. The van der Waals surface area contributed by atoms with E-state index in [1.54, 1.807) is 6.07 Å². The Morgan fingerprint density at radius 2 is 1.67 bits per heavy atom. The fourth-order valence-electron chi connectivity index (χ4n) is 3.99. The predicted octanol–water partition coefficient (Wildman–Crippen LogP) is 4.21. The van der Waals surface area contributed by atoms with Crippen LogP contribution in [-0.4, -0.2) is 38.3 Å². The number of hydrogen-bond acceptors (Lipinski definition) is 3. The number of halogens is 1. The maximum Gasteiger partial charge on any atom is 0.251 e. The highest BCUT2D eigenvalue weighted by Crippen LogP contribution is 2.28. The van der Waals surface area contributed by atoms with Crippen molar-refractivity contribution >= 4 is 27.5 Å². The Hall–Kier alpha value is -1.11. The van der Waals surface area contributed by atoms with Crippen LogP contribution in [0.3, 0.4) is 0 Å². The number of sulfonamides is 1. The minimum absolute atomic E-state index is 0.0383. The summed E-state index contributed by atoms with van der Waals surface area (Å²) in [4.78, 5) is 12.6. The maximum absolute atomic E-state index is 13.1. The molecular formula is C20H29ClN2O3S. The summed E-state index contributed by atoms with van der Waals surface area (Å²) in [5.41, 5.74) is 0.351. The van der Waals surface area contributed by atoms with E-state index in [-0.39, 0.29) is 15.8 Å². The number of amides is 1. The molecule has 2 fully saturated rings. The number of nitrogens with zero attached hydrogens (tertiary/aromatic N) is 1. The van der Waals surface area contributed by atoms with Gasteiger partial charge in [-0.25, -0.2) is 8.42 Å². The molecule has 1 saturated carbocycles. The van der Waals surface area contributed by atoms with Gasteiger partial charge in [0.1, 0.15) is 4.90 Å². The van der Waals surface area contributed by atoms with Crippen molar-refractivity contribution in [2.24, 2.45) is 5.92 Å². The molecule has 1 aliphatic carbocycles. The Balaban J connectivity index is 1.73. The van der Waals surface area contributed by atoms with E-state index in [1.807, 2.05) is 0 Å². The standard InChI is InChI=1S/C20H29ClN2O3S/c21-18-11-10-17(20(24)22-15-16-8-4-3-5-9-16)14-19(18)27(25,26)23-12-6-1-2-7-13-23/h10-11,14,16H,1-9,12-13,15H2,(H,22,24). The van der Waals surface area contributed by atoms with Crippen molar-refractivity contribution in [1.29, 1.82) is 0 Å². The third-order valence-electron chi connectivity index (χ3n) is 5.65. The van der Waals surface area contributed by atoms with Crippen molar-refractivity contribution in [1.82, 2.24) is 9.62 Å². The van der Waals surface area contributed by atoms with E-state index in [2.05, 4.69) is 5.32 Å². The van der Waals surface area contributed by atoms with Gasteiger partial charge in [0.2, 0.25) is 10.0 Å². The lowest BCUT2D eigenvalue weighted by Gasteiger charge is -2.22. The molecule has 3 rings (SSSR count). The summed E-state index contributed by atoms with van der Waals surface area (Å²) in [6, 6.07) is 4.54. The van der Waals surface area contributed by atoms with Gasteiger partial charge in [-0.15, -0.1) is 0 Å². The van der Waals surface area contributed by atoms with Crippen LogP contribution in [0.5, 0.6) is 0 Å². The van der Waals surface area contributed by atoms with Crippen LogP contribution in [0.25, 0.3) is 0 Å². The number of nitrogens with one attached hydrogen (secondary N) is 1. The van der Waals surface area contributed by atoms with E-state index in [0.717, 1.165) is 38.5 Å². The van der Waals surface area contributed by atoms with Crippen molar-refractivity contribution in [2.75, 3.05) is 19.6 Å². The van der Waals surface area contributed by atoms with Crippen LogP contribution in [0, 0.1) is 5.92 Å². The van der Waals surface area contributed by atoms with Crippen LogP contribution in [0.1, 0.15) is 68.1 Å².